The van der Waals surface area contributed by atoms with E-state index in [4.69, 9.17) is 18.6 Å². The molecule has 0 amide bonds. The summed E-state index contributed by atoms with van der Waals surface area (Å²) in [5.41, 5.74) is 3.47. The van der Waals surface area contributed by atoms with Crippen LogP contribution in [0.5, 0.6) is 0 Å². The molecule has 9 rings (SSSR count). The Morgan fingerprint density at radius 3 is 1.37 bits per heavy atom. The number of hydrogen-bond donors (Lipinski definition) is 0. The summed E-state index contributed by atoms with van der Waals surface area (Å²) in [5.74, 6) is 0. The Morgan fingerprint density at radius 2 is 0.885 bits per heavy atom. The number of nitrogens with zero attached hydrogens (tertiary/aromatic N) is 1. The van der Waals surface area contributed by atoms with Gasteiger partial charge in [0.25, 0.3) is 0 Å². The molecule has 8 aromatic carbocycles. The predicted octanol–water partition coefficient (Wildman–Crippen LogP) is 5.53. The summed E-state index contributed by atoms with van der Waals surface area (Å²) in [7, 11) is -5.82. The predicted molar refractivity (Wildman–Crippen MR) is 202 cm³/mol. The molecule has 0 unspecified atom stereocenters. The Hall–Kier alpha value is -4.49. The van der Waals surface area contributed by atoms with Crippen molar-refractivity contribution in [1.29, 1.82) is 0 Å². The van der Waals surface area contributed by atoms with Gasteiger partial charge in [-0.15, -0.1) is 10.2 Å². The van der Waals surface area contributed by atoms with Crippen molar-refractivity contribution in [1.82, 2.24) is 4.98 Å². The molecule has 0 aliphatic carbocycles. The number of halogens is 1. The number of aromatic nitrogens is 1. The molecule has 9 aromatic rings. The van der Waals surface area contributed by atoms with Crippen LogP contribution < -0.4 is 34.5 Å². The van der Waals surface area contributed by atoms with Crippen LogP contribution in [0, 0.1) is 17.2 Å². The van der Waals surface area contributed by atoms with Gasteiger partial charge in [0.2, 0.25) is 0 Å². The fraction of sp³-hybridized carbons (Fsp3) is 0.0227. The molecular formula is C44H33AgClNO4P+. The Balaban J connectivity index is 0.000000163. The van der Waals surface area contributed by atoms with Crippen LogP contribution in [0.1, 0.15) is 5.56 Å². The molecule has 0 fully saturated rings. The Labute approximate surface area is 321 Å². The topological polar surface area (TPSA) is 105 Å². The first-order valence-corrected chi connectivity index (χ1v) is 19.2. The molecule has 8 heteroatoms. The minimum Gasteiger partial charge on any atom is -0.256 e. The minimum atomic E-state index is -4.94. The monoisotopic (exact) mass is 812 g/mol. The summed E-state index contributed by atoms with van der Waals surface area (Å²) in [6, 6.07) is 61.1. The zero-order valence-corrected chi connectivity index (χ0v) is 31.2. The summed E-state index contributed by atoms with van der Waals surface area (Å²) < 4.78 is 34.0. The van der Waals surface area contributed by atoms with Crippen LogP contribution in [0.4, 0.5) is 0 Å². The van der Waals surface area contributed by atoms with Crippen LogP contribution in [0.25, 0.3) is 54.3 Å². The molecule has 1 heterocycles. The van der Waals surface area contributed by atoms with Gasteiger partial charge >= 0.3 is 22.4 Å². The van der Waals surface area contributed by atoms with Crippen molar-refractivity contribution in [2.75, 3.05) is 0 Å². The van der Waals surface area contributed by atoms with Crippen LogP contribution in [-0.4, -0.2) is 4.98 Å². The van der Waals surface area contributed by atoms with Gasteiger partial charge in [0.15, 0.2) is 0 Å². The molecule has 0 radical (unpaired) electrons. The van der Waals surface area contributed by atoms with Crippen molar-refractivity contribution in [3.63, 3.8) is 0 Å². The molecule has 0 atom stereocenters. The minimum absolute atomic E-state index is 0. The number of fused-ring (bicyclic) bond motifs is 2. The zero-order chi connectivity index (χ0) is 35.4. The van der Waals surface area contributed by atoms with Crippen LogP contribution in [0.2, 0.25) is 0 Å². The van der Waals surface area contributed by atoms with E-state index in [9.17, 15) is 0 Å². The first-order valence-electron chi connectivity index (χ1n) is 16.4. The second kappa shape index (κ2) is 16.5. The molecule has 0 saturated heterocycles. The summed E-state index contributed by atoms with van der Waals surface area (Å²) in [6.45, 7) is 2.12. The van der Waals surface area contributed by atoms with E-state index in [1.54, 1.807) is 0 Å². The van der Waals surface area contributed by atoms with E-state index in [2.05, 4.69) is 176 Å². The summed E-state index contributed by atoms with van der Waals surface area (Å²) in [5, 5.41) is 14.9. The van der Waals surface area contributed by atoms with Gasteiger partial charge in [-0.25, -0.2) is 18.6 Å². The second-order valence-electron chi connectivity index (χ2n) is 12.2. The van der Waals surface area contributed by atoms with E-state index < -0.39 is 18.2 Å². The third kappa shape index (κ3) is 8.25. The number of hydrogen-bond acceptors (Lipinski definition) is 5. The van der Waals surface area contributed by atoms with Gasteiger partial charge in [0.05, 0.1) is 13.6 Å². The molecule has 0 N–H and O–H groups in total. The van der Waals surface area contributed by atoms with E-state index in [-0.39, 0.29) is 22.4 Å². The van der Waals surface area contributed by atoms with E-state index >= 15 is 0 Å². The maximum absolute atomic E-state index is 8.49. The summed E-state index contributed by atoms with van der Waals surface area (Å²) in [6.07, 6.45) is 1.90. The van der Waals surface area contributed by atoms with Gasteiger partial charge in [0.1, 0.15) is 15.9 Å². The number of benzene rings is 8. The molecule has 0 aliphatic rings. The van der Waals surface area contributed by atoms with E-state index in [1.807, 2.05) is 12.3 Å². The van der Waals surface area contributed by atoms with Crippen molar-refractivity contribution in [3.05, 3.63) is 182 Å². The standard InChI is InChI=1S/C26H17N.C18H15P.Ag.ClHO4/c1-16-13-14-27-24(15-16)18-11-12-23-21-8-3-6-17-5-2-7-20(25(17)21)22-10-4-9-19(18)26(22)23;1-4-10-16(11-5-1)19(17-12-6-2-7-13-17)18-14-8-3-9-15-18;;2-1(3,4)5/h2-15H,1H3;1-15H;;(H,2,3,4,5)/q;;+1;. The van der Waals surface area contributed by atoms with Gasteiger partial charge in [-0.1, -0.05) is 121 Å². The van der Waals surface area contributed by atoms with Crippen LogP contribution >= 0.6 is 7.92 Å². The van der Waals surface area contributed by atoms with Crippen molar-refractivity contribution in [3.8, 4) is 11.3 Å². The van der Waals surface area contributed by atoms with Crippen molar-refractivity contribution in [2.24, 2.45) is 0 Å². The smallest absolute Gasteiger partial charge is 0.256 e. The number of aryl methyl sites for hydroxylation is 1. The van der Waals surface area contributed by atoms with Gasteiger partial charge in [-0.05, 0) is 104 Å². The Bertz CT molecular complexity index is 2400. The third-order valence-corrected chi connectivity index (χ3v) is 11.6. The maximum Gasteiger partial charge on any atom is 1.00 e. The molecule has 260 valence electrons. The molecule has 0 spiro atoms. The quantitative estimate of drug-likeness (QED) is 0.101. The molecule has 5 nitrogen and oxygen atoms in total. The SMILES string of the molecule is Cc1ccnc(-c2ccc3c4cccc5cccc(c6cccc2c63)c54)c1.[Ag+].[O-][Cl+3]([O-])([O-])[O-].c1ccc([PH+](c2ccccc2)c2ccccc2)cc1. The zero-order valence-electron chi connectivity index (χ0n) is 28.0. The second-order valence-corrected chi connectivity index (χ2v) is 15.4. The fourth-order valence-corrected chi connectivity index (χ4v) is 9.44. The van der Waals surface area contributed by atoms with E-state index in [0.29, 0.717) is 0 Å². The first kappa shape index (κ1) is 37.3. The van der Waals surface area contributed by atoms with Gasteiger partial charge in [-0.2, -0.15) is 0 Å². The van der Waals surface area contributed by atoms with Crippen molar-refractivity contribution < 1.29 is 51.3 Å². The molecule has 0 aliphatic heterocycles. The largest absolute Gasteiger partial charge is 1.00 e. The summed E-state index contributed by atoms with van der Waals surface area (Å²) >= 11 is 0. The average molecular weight is 814 g/mol. The average Bonchev–Trinajstić information content (AvgIpc) is 3.15. The van der Waals surface area contributed by atoms with Gasteiger partial charge < -0.3 is 0 Å². The van der Waals surface area contributed by atoms with Crippen LogP contribution in [0.3, 0.4) is 0 Å². The maximum atomic E-state index is 8.49. The molecule has 0 saturated carbocycles. The van der Waals surface area contributed by atoms with E-state index in [0.717, 1.165) is 5.69 Å². The number of rotatable bonds is 4. The molecular weight excluding hydrogens is 781 g/mol. The molecule has 0 bridgehead atoms. The van der Waals surface area contributed by atoms with Crippen LogP contribution in [0.15, 0.2) is 176 Å². The van der Waals surface area contributed by atoms with Crippen LogP contribution in [-0.2, 0) is 22.4 Å². The first-order chi connectivity index (χ1) is 24.8. The van der Waals surface area contributed by atoms with Gasteiger partial charge in [0, 0.05) is 11.8 Å². The normalized spacial score (nSPS) is 11.2. The molecule has 52 heavy (non-hydrogen) atoms. The Morgan fingerprint density at radius 1 is 0.462 bits per heavy atom. The van der Waals surface area contributed by atoms with Crippen molar-refractivity contribution in [2.45, 2.75) is 6.92 Å². The van der Waals surface area contributed by atoms with Gasteiger partial charge in [-0.3, -0.25) is 4.98 Å². The molecule has 1 aromatic heterocycles. The fourth-order valence-electron chi connectivity index (χ4n) is 6.87. The Kier molecular flexibility index (Phi) is 11.8. The van der Waals surface area contributed by atoms with E-state index in [1.165, 1.54) is 70.1 Å². The summed E-state index contributed by atoms with van der Waals surface area (Å²) in [4.78, 5) is 4.65. The van der Waals surface area contributed by atoms with Crippen molar-refractivity contribution >= 4 is 66.9 Å². The third-order valence-electron chi connectivity index (χ3n) is 8.90. The number of pyridine rings is 1.